The molecule has 0 bridgehead atoms. The van der Waals surface area contributed by atoms with Gasteiger partial charge in [-0.1, -0.05) is 6.92 Å². The van der Waals surface area contributed by atoms with Crippen molar-refractivity contribution < 1.29 is 9.53 Å². The Kier molecular flexibility index (Phi) is 5.35. The summed E-state index contributed by atoms with van der Waals surface area (Å²) in [6, 6.07) is 0. The number of rotatable bonds is 6. The van der Waals surface area contributed by atoms with Gasteiger partial charge < -0.3 is 19.9 Å². The van der Waals surface area contributed by atoms with Crippen molar-refractivity contribution in [2.24, 2.45) is 0 Å². The maximum atomic E-state index is 11.6. The Bertz CT molecular complexity index is 399. The first-order chi connectivity index (χ1) is 9.31. The van der Waals surface area contributed by atoms with Gasteiger partial charge in [0.25, 0.3) is 0 Å². The molecule has 1 saturated heterocycles. The van der Waals surface area contributed by atoms with Gasteiger partial charge in [-0.2, -0.15) is 0 Å². The number of imidazole rings is 1. The Morgan fingerprint density at radius 1 is 1.68 bits per heavy atom. The molecule has 6 nitrogen and oxygen atoms in total. The lowest BCUT2D eigenvalue weighted by Gasteiger charge is -2.24. The number of aromatic nitrogens is 2. The summed E-state index contributed by atoms with van der Waals surface area (Å²) in [6.07, 6.45) is 5.06. The van der Waals surface area contributed by atoms with Crippen LogP contribution in [-0.4, -0.2) is 41.7 Å². The Morgan fingerprint density at radius 3 is 3.32 bits per heavy atom. The molecule has 19 heavy (non-hydrogen) atoms. The number of amides is 1. The smallest absolute Gasteiger partial charge is 0.221 e. The molecule has 106 valence electrons. The van der Waals surface area contributed by atoms with Gasteiger partial charge in [0.1, 0.15) is 6.10 Å². The van der Waals surface area contributed by atoms with E-state index in [1.54, 1.807) is 6.33 Å². The van der Waals surface area contributed by atoms with Gasteiger partial charge in [-0.25, -0.2) is 4.98 Å². The van der Waals surface area contributed by atoms with Crippen molar-refractivity contribution in [3.05, 3.63) is 18.2 Å². The molecule has 1 aromatic heterocycles. The van der Waals surface area contributed by atoms with Gasteiger partial charge in [0.15, 0.2) is 0 Å². The number of hydrogen-bond acceptors (Lipinski definition) is 4. The summed E-state index contributed by atoms with van der Waals surface area (Å²) >= 11 is 0. The molecule has 0 spiro atoms. The molecule has 1 aliphatic rings. The lowest BCUT2D eigenvalue weighted by Crippen LogP contribution is -2.34. The standard InChI is InChI=1S/C13H22N4O2/c1-2-4-16-13(18)3-6-17-10-15-8-11(17)12-9-14-5-7-19-12/h8,10,12,14H,2-7,9H2,1H3,(H,16,18). The average Bonchev–Trinajstić information content (AvgIpc) is 2.92. The lowest BCUT2D eigenvalue weighted by atomic mass is 10.2. The maximum absolute atomic E-state index is 11.6. The van der Waals surface area contributed by atoms with Crippen LogP contribution >= 0.6 is 0 Å². The Morgan fingerprint density at radius 2 is 2.58 bits per heavy atom. The summed E-state index contributed by atoms with van der Waals surface area (Å²) in [5, 5.41) is 6.18. The number of carbonyl (C=O) groups excluding carboxylic acids is 1. The molecule has 0 aromatic carbocycles. The molecule has 1 fully saturated rings. The second-order valence-electron chi connectivity index (χ2n) is 4.68. The second kappa shape index (κ2) is 7.25. The zero-order valence-electron chi connectivity index (χ0n) is 11.4. The Hall–Kier alpha value is -1.40. The first-order valence-electron chi connectivity index (χ1n) is 6.90. The van der Waals surface area contributed by atoms with Crippen molar-refractivity contribution in [3.8, 4) is 0 Å². The fourth-order valence-electron chi connectivity index (χ4n) is 2.12. The molecule has 0 radical (unpaired) electrons. The first-order valence-corrected chi connectivity index (χ1v) is 6.90. The van der Waals surface area contributed by atoms with E-state index in [9.17, 15) is 4.79 Å². The maximum Gasteiger partial charge on any atom is 0.221 e. The average molecular weight is 266 g/mol. The van der Waals surface area contributed by atoms with Gasteiger partial charge in [-0.05, 0) is 6.42 Å². The molecular weight excluding hydrogens is 244 g/mol. The largest absolute Gasteiger partial charge is 0.369 e. The van der Waals surface area contributed by atoms with E-state index in [1.807, 2.05) is 17.7 Å². The summed E-state index contributed by atoms with van der Waals surface area (Å²) in [4.78, 5) is 15.8. The van der Waals surface area contributed by atoms with E-state index in [4.69, 9.17) is 4.74 Å². The van der Waals surface area contributed by atoms with Gasteiger partial charge in [-0.15, -0.1) is 0 Å². The molecule has 1 unspecified atom stereocenters. The van der Waals surface area contributed by atoms with Crippen LogP contribution in [0.5, 0.6) is 0 Å². The summed E-state index contributed by atoms with van der Waals surface area (Å²) in [5.74, 6) is 0.0872. The van der Waals surface area contributed by atoms with E-state index in [2.05, 4.69) is 15.6 Å². The molecule has 1 aliphatic heterocycles. The van der Waals surface area contributed by atoms with Crippen LogP contribution in [0.15, 0.2) is 12.5 Å². The van der Waals surface area contributed by atoms with Crippen molar-refractivity contribution in [3.63, 3.8) is 0 Å². The number of morpholine rings is 1. The summed E-state index contributed by atoms with van der Waals surface area (Å²) in [6.45, 7) is 5.84. The van der Waals surface area contributed by atoms with Crippen LogP contribution in [0.25, 0.3) is 0 Å². The number of carbonyl (C=O) groups is 1. The topological polar surface area (TPSA) is 68.2 Å². The van der Waals surface area contributed by atoms with Crippen molar-refractivity contribution in [1.29, 1.82) is 0 Å². The van der Waals surface area contributed by atoms with Crippen LogP contribution < -0.4 is 10.6 Å². The minimum absolute atomic E-state index is 0.0370. The van der Waals surface area contributed by atoms with Crippen LogP contribution in [0.3, 0.4) is 0 Å². The van der Waals surface area contributed by atoms with Crippen LogP contribution in [0.1, 0.15) is 31.6 Å². The van der Waals surface area contributed by atoms with Crippen LogP contribution in [-0.2, 0) is 16.1 Å². The highest BCUT2D eigenvalue weighted by molar-refractivity contribution is 5.75. The minimum Gasteiger partial charge on any atom is -0.369 e. The SMILES string of the molecule is CCCNC(=O)CCn1cncc1C1CNCCO1. The molecule has 1 aromatic rings. The highest BCUT2D eigenvalue weighted by Gasteiger charge is 2.19. The number of aryl methyl sites for hydroxylation is 1. The molecule has 2 heterocycles. The van der Waals surface area contributed by atoms with E-state index in [1.165, 1.54) is 0 Å². The predicted molar refractivity (Wildman–Crippen MR) is 71.7 cm³/mol. The lowest BCUT2D eigenvalue weighted by molar-refractivity contribution is -0.121. The third-order valence-electron chi connectivity index (χ3n) is 3.15. The third-order valence-corrected chi connectivity index (χ3v) is 3.15. The molecule has 0 saturated carbocycles. The number of hydrogen-bond donors (Lipinski definition) is 2. The zero-order chi connectivity index (χ0) is 13.5. The predicted octanol–water partition coefficient (Wildman–Crippen LogP) is 0.460. The van der Waals surface area contributed by atoms with Crippen LogP contribution in [0.2, 0.25) is 0 Å². The summed E-state index contributed by atoms with van der Waals surface area (Å²) in [7, 11) is 0. The van der Waals surface area contributed by atoms with Crippen molar-refractivity contribution in [2.75, 3.05) is 26.2 Å². The molecule has 0 aliphatic carbocycles. The van der Waals surface area contributed by atoms with Crippen molar-refractivity contribution >= 4 is 5.91 Å². The van der Waals surface area contributed by atoms with Crippen molar-refractivity contribution in [2.45, 2.75) is 32.4 Å². The third kappa shape index (κ3) is 4.04. The van der Waals surface area contributed by atoms with Gasteiger partial charge in [-0.3, -0.25) is 4.79 Å². The highest BCUT2D eigenvalue weighted by Crippen LogP contribution is 2.18. The summed E-state index contributed by atoms with van der Waals surface area (Å²) < 4.78 is 7.71. The van der Waals surface area contributed by atoms with Gasteiger partial charge >= 0.3 is 0 Å². The van der Waals surface area contributed by atoms with E-state index >= 15 is 0 Å². The number of nitrogens with zero attached hydrogens (tertiary/aromatic N) is 2. The Balaban J connectivity index is 1.86. The quantitative estimate of drug-likeness (QED) is 0.785. The van der Waals surface area contributed by atoms with Gasteiger partial charge in [0, 0.05) is 32.6 Å². The number of ether oxygens (including phenoxy) is 1. The molecule has 1 amide bonds. The minimum atomic E-state index is 0.0370. The Labute approximate surface area is 113 Å². The fraction of sp³-hybridized carbons (Fsp3) is 0.692. The van der Waals surface area contributed by atoms with Crippen LogP contribution in [0, 0.1) is 0 Å². The first kappa shape index (κ1) is 14.0. The van der Waals surface area contributed by atoms with Crippen LogP contribution in [0.4, 0.5) is 0 Å². The molecule has 6 heteroatoms. The van der Waals surface area contributed by atoms with E-state index in [0.29, 0.717) is 19.6 Å². The van der Waals surface area contributed by atoms with E-state index < -0.39 is 0 Å². The summed E-state index contributed by atoms with van der Waals surface area (Å²) in [5.41, 5.74) is 1.04. The monoisotopic (exact) mass is 266 g/mol. The van der Waals surface area contributed by atoms with E-state index in [0.717, 1.165) is 31.7 Å². The molecular formula is C13H22N4O2. The van der Waals surface area contributed by atoms with Gasteiger partial charge in [0.05, 0.1) is 24.8 Å². The second-order valence-corrected chi connectivity index (χ2v) is 4.68. The fourth-order valence-corrected chi connectivity index (χ4v) is 2.12. The zero-order valence-corrected chi connectivity index (χ0v) is 11.4. The van der Waals surface area contributed by atoms with E-state index in [-0.39, 0.29) is 12.0 Å². The highest BCUT2D eigenvalue weighted by atomic mass is 16.5. The molecule has 2 rings (SSSR count). The molecule has 2 N–H and O–H groups in total. The van der Waals surface area contributed by atoms with Gasteiger partial charge in [0.2, 0.25) is 5.91 Å². The normalized spacial score (nSPS) is 19.3. The molecule has 1 atom stereocenters. The van der Waals surface area contributed by atoms with Crippen molar-refractivity contribution in [1.82, 2.24) is 20.2 Å². The number of nitrogens with one attached hydrogen (secondary N) is 2.